The van der Waals surface area contributed by atoms with E-state index in [9.17, 15) is 19.7 Å². The van der Waals surface area contributed by atoms with Crippen LogP contribution in [0.5, 0.6) is 0 Å². The predicted octanol–water partition coefficient (Wildman–Crippen LogP) is 3.64. The molecule has 1 saturated carbocycles. The van der Waals surface area contributed by atoms with Gasteiger partial charge in [0.2, 0.25) is 0 Å². The van der Waals surface area contributed by atoms with Crippen molar-refractivity contribution >= 4 is 28.5 Å². The van der Waals surface area contributed by atoms with E-state index in [2.05, 4.69) is 17.8 Å². The lowest BCUT2D eigenvalue weighted by Crippen LogP contribution is -2.55. The first kappa shape index (κ1) is 21.9. The van der Waals surface area contributed by atoms with E-state index in [1.807, 2.05) is 32.9 Å². The van der Waals surface area contributed by atoms with Crippen LogP contribution in [-0.4, -0.2) is 26.7 Å². The number of carbonyl (C=O) groups is 2. The summed E-state index contributed by atoms with van der Waals surface area (Å²) in [6, 6.07) is 11.4. The second kappa shape index (κ2) is 7.06. The summed E-state index contributed by atoms with van der Waals surface area (Å²) < 4.78 is 0. The molecule has 2 aliphatic rings. The maximum Gasteiger partial charge on any atom is 0.271 e. The van der Waals surface area contributed by atoms with Crippen LogP contribution in [0.25, 0.3) is 11.0 Å². The Balaban J connectivity index is 1.55. The number of aromatic nitrogens is 2. The third-order valence-electron chi connectivity index (χ3n) is 8.22. The molecule has 2 aliphatic carbocycles. The zero-order chi connectivity index (χ0) is 24.5. The zero-order valence-corrected chi connectivity index (χ0v) is 19.4. The molecule has 1 fully saturated rings. The van der Waals surface area contributed by atoms with Crippen LogP contribution in [0.15, 0.2) is 42.5 Å². The van der Waals surface area contributed by atoms with Gasteiger partial charge in [-0.3, -0.25) is 30.6 Å². The number of benzene rings is 2. The van der Waals surface area contributed by atoms with Crippen molar-refractivity contribution in [3.05, 3.63) is 75.1 Å². The molecular weight excluding hydrogens is 434 g/mol. The molecule has 0 spiro atoms. The van der Waals surface area contributed by atoms with E-state index in [-0.39, 0.29) is 11.6 Å². The van der Waals surface area contributed by atoms with Gasteiger partial charge < -0.3 is 0 Å². The van der Waals surface area contributed by atoms with Gasteiger partial charge in [0.05, 0.1) is 27.3 Å². The first-order chi connectivity index (χ1) is 16.0. The third-order valence-corrected chi connectivity index (χ3v) is 8.22. The average molecular weight is 460 g/mol. The Morgan fingerprint density at radius 1 is 0.941 bits per heavy atom. The fourth-order valence-corrected chi connectivity index (χ4v) is 5.70. The number of hydrogen-bond acceptors (Lipinski definition) is 6. The average Bonchev–Trinajstić information content (AvgIpc) is 3.10. The van der Waals surface area contributed by atoms with Crippen LogP contribution in [0.3, 0.4) is 0 Å². The standard InChI is InChI=1S/C25H25N5O4/c1-14-5-7-15(8-6-14)21(31)28-29-22(32)25-12-11-24(4,23(25,2)3)19-20(25)27-18-13-16(30(33)34)9-10-17(18)26-19/h5-10,13H,11-12H2,1-4H3,(H,28,31)(H,29,32). The number of non-ortho nitro benzene ring substituents is 1. The van der Waals surface area contributed by atoms with E-state index in [1.54, 1.807) is 18.2 Å². The molecule has 174 valence electrons. The van der Waals surface area contributed by atoms with E-state index in [0.29, 0.717) is 28.7 Å². The summed E-state index contributed by atoms with van der Waals surface area (Å²) in [6.07, 6.45) is 1.27. The smallest absolute Gasteiger partial charge is 0.271 e. The molecular formula is C25H25N5O4. The van der Waals surface area contributed by atoms with E-state index >= 15 is 0 Å². The number of hydrazine groups is 1. The first-order valence-corrected chi connectivity index (χ1v) is 11.2. The van der Waals surface area contributed by atoms with Crippen LogP contribution in [0.1, 0.15) is 60.9 Å². The summed E-state index contributed by atoms with van der Waals surface area (Å²) in [5.74, 6) is -0.777. The molecule has 9 heteroatoms. The molecule has 3 aromatic rings. The van der Waals surface area contributed by atoms with Crippen LogP contribution in [0.2, 0.25) is 0 Å². The molecule has 0 aliphatic heterocycles. The lowest BCUT2D eigenvalue weighted by atomic mass is 9.63. The number of hydrogen-bond donors (Lipinski definition) is 2. The van der Waals surface area contributed by atoms with Crippen LogP contribution >= 0.6 is 0 Å². The molecule has 34 heavy (non-hydrogen) atoms. The van der Waals surface area contributed by atoms with Crippen LogP contribution in [0, 0.1) is 22.5 Å². The van der Waals surface area contributed by atoms with Crippen molar-refractivity contribution in [2.24, 2.45) is 5.41 Å². The van der Waals surface area contributed by atoms with Gasteiger partial charge in [0.25, 0.3) is 17.5 Å². The SMILES string of the molecule is Cc1ccc(C(=O)NNC(=O)C23CCC(C)(c4nc5ccc([N+](=O)[O-])cc5nc42)C3(C)C)cc1. The van der Waals surface area contributed by atoms with Crippen molar-refractivity contribution < 1.29 is 14.5 Å². The number of nitrogens with zero attached hydrogens (tertiary/aromatic N) is 3. The van der Waals surface area contributed by atoms with Crippen molar-refractivity contribution in [1.29, 1.82) is 0 Å². The number of carbonyl (C=O) groups excluding carboxylic acids is 2. The third kappa shape index (κ3) is 2.72. The Labute approximate surface area is 196 Å². The lowest BCUT2D eigenvalue weighted by Gasteiger charge is -2.39. The first-order valence-electron chi connectivity index (χ1n) is 11.2. The van der Waals surface area contributed by atoms with E-state index in [0.717, 1.165) is 17.7 Å². The molecule has 0 radical (unpaired) electrons. The van der Waals surface area contributed by atoms with E-state index in [4.69, 9.17) is 9.97 Å². The maximum atomic E-state index is 13.7. The minimum Gasteiger partial charge on any atom is -0.272 e. The molecule has 2 bridgehead atoms. The molecule has 1 heterocycles. The Morgan fingerprint density at radius 3 is 2.29 bits per heavy atom. The molecule has 2 N–H and O–H groups in total. The van der Waals surface area contributed by atoms with E-state index in [1.165, 1.54) is 12.1 Å². The molecule has 2 atom stereocenters. The monoisotopic (exact) mass is 459 g/mol. The second-order valence-electron chi connectivity index (χ2n) is 9.99. The molecule has 2 unspecified atom stereocenters. The normalized spacial score (nSPS) is 24.0. The van der Waals surface area contributed by atoms with Crippen LogP contribution in [0.4, 0.5) is 5.69 Å². The number of nitro groups is 1. The molecule has 9 nitrogen and oxygen atoms in total. The molecule has 5 rings (SSSR count). The number of nitro benzene ring substituents is 1. The Morgan fingerprint density at radius 2 is 1.62 bits per heavy atom. The van der Waals surface area contributed by atoms with Crippen molar-refractivity contribution in [2.75, 3.05) is 0 Å². The molecule has 2 amide bonds. The number of fused-ring (bicyclic) bond motifs is 6. The van der Waals surface area contributed by atoms with Gasteiger partial charge in [0.15, 0.2) is 0 Å². The number of aryl methyl sites for hydroxylation is 1. The highest BCUT2D eigenvalue weighted by atomic mass is 16.6. The largest absolute Gasteiger partial charge is 0.272 e. The van der Waals surface area contributed by atoms with Crippen LogP contribution < -0.4 is 10.9 Å². The molecule has 2 aromatic carbocycles. The fourth-order valence-electron chi connectivity index (χ4n) is 5.70. The van der Waals surface area contributed by atoms with Crippen LogP contribution in [-0.2, 0) is 15.6 Å². The van der Waals surface area contributed by atoms with Gasteiger partial charge in [-0.15, -0.1) is 0 Å². The van der Waals surface area contributed by atoms with Crippen molar-refractivity contribution in [3.63, 3.8) is 0 Å². The van der Waals surface area contributed by atoms with E-state index < -0.39 is 27.1 Å². The second-order valence-corrected chi connectivity index (χ2v) is 9.99. The Bertz CT molecular complexity index is 1380. The highest BCUT2D eigenvalue weighted by molar-refractivity contribution is 5.98. The van der Waals surface area contributed by atoms with Gasteiger partial charge >= 0.3 is 0 Å². The summed E-state index contributed by atoms with van der Waals surface area (Å²) in [4.78, 5) is 46.7. The quantitative estimate of drug-likeness (QED) is 0.455. The minimum absolute atomic E-state index is 0.0840. The minimum atomic E-state index is -1.04. The summed E-state index contributed by atoms with van der Waals surface area (Å²) >= 11 is 0. The van der Waals surface area contributed by atoms with Gasteiger partial charge in [0.1, 0.15) is 5.41 Å². The van der Waals surface area contributed by atoms with Gasteiger partial charge in [-0.1, -0.05) is 38.5 Å². The lowest BCUT2D eigenvalue weighted by molar-refractivity contribution is -0.384. The highest BCUT2D eigenvalue weighted by Crippen LogP contribution is 2.70. The number of rotatable bonds is 3. The maximum absolute atomic E-state index is 13.7. The number of nitrogens with one attached hydrogen (secondary N) is 2. The summed E-state index contributed by atoms with van der Waals surface area (Å²) in [6.45, 7) is 8.07. The van der Waals surface area contributed by atoms with Gasteiger partial charge in [-0.05, 0) is 43.4 Å². The highest BCUT2D eigenvalue weighted by Gasteiger charge is 2.73. The Hall–Kier alpha value is -3.88. The topological polar surface area (TPSA) is 127 Å². The van der Waals surface area contributed by atoms with Crippen molar-refractivity contribution in [1.82, 2.24) is 20.8 Å². The fraction of sp³-hybridized carbons (Fsp3) is 0.360. The van der Waals surface area contributed by atoms with Crippen molar-refractivity contribution in [3.8, 4) is 0 Å². The Kier molecular flexibility index (Phi) is 4.55. The molecule has 1 aromatic heterocycles. The predicted molar refractivity (Wildman–Crippen MR) is 125 cm³/mol. The summed E-state index contributed by atoms with van der Waals surface area (Å²) in [5, 5.41) is 11.3. The zero-order valence-electron chi connectivity index (χ0n) is 19.4. The van der Waals surface area contributed by atoms with Gasteiger partial charge in [-0.2, -0.15) is 0 Å². The number of amides is 2. The summed E-state index contributed by atoms with van der Waals surface area (Å²) in [7, 11) is 0. The van der Waals surface area contributed by atoms with Gasteiger partial charge in [-0.25, -0.2) is 9.97 Å². The van der Waals surface area contributed by atoms with Crippen molar-refractivity contribution in [2.45, 2.75) is 51.4 Å². The van der Waals surface area contributed by atoms with Gasteiger partial charge in [0, 0.05) is 23.1 Å². The summed E-state index contributed by atoms with van der Waals surface area (Å²) in [5.41, 5.74) is 6.74. The molecule has 0 saturated heterocycles.